The lowest BCUT2D eigenvalue weighted by Crippen LogP contribution is -2.12. The predicted molar refractivity (Wildman–Crippen MR) is 101 cm³/mol. The zero-order valence-corrected chi connectivity index (χ0v) is 17.0. The van der Waals surface area contributed by atoms with E-state index in [-0.39, 0.29) is 6.61 Å². The Kier molecular flexibility index (Phi) is 10.4. The number of hydrogen-bond donors (Lipinski definition) is 1. The van der Waals surface area contributed by atoms with Gasteiger partial charge in [0.2, 0.25) is 0 Å². The van der Waals surface area contributed by atoms with E-state index in [1.807, 2.05) is 0 Å². The van der Waals surface area contributed by atoms with Gasteiger partial charge in [0.25, 0.3) is 20.2 Å². The van der Waals surface area contributed by atoms with Crippen LogP contribution in [0.2, 0.25) is 0 Å². The van der Waals surface area contributed by atoms with E-state index in [2.05, 4.69) is 6.92 Å². The van der Waals surface area contributed by atoms with E-state index in [1.54, 1.807) is 0 Å². The molecule has 0 saturated heterocycles. The van der Waals surface area contributed by atoms with Gasteiger partial charge < -0.3 is 0 Å². The molecule has 0 heterocycles. The molecule has 26 heavy (non-hydrogen) atoms. The Morgan fingerprint density at radius 3 is 1.73 bits per heavy atom. The first-order chi connectivity index (χ1) is 12.3. The van der Waals surface area contributed by atoms with Gasteiger partial charge in [-0.05, 0) is 18.6 Å². The molecule has 0 aliphatic rings. The monoisotopic (exact) mass is 406 g/mol. The number of benzene rings is 1. The highest BCUT2D eigenvalue weighted by atomic mass is 32.2. The van der Waals surface area contributed by atoms with E-state index >= 15 is 0 Å². The highest BCUT2D eigenvalue weighted by molar-refractivity contribution is 7.89. The van der Waals surface area contributed by atoms with Crippen LogP contribution >= 0.6 is 0 Å². The van der Waals surface area contributed by atoms with Gasteiger partial charge in [0.05, 0.1) is 6.61 Å². The largest absolute Gasteiger partial charge is 0.298 e. The Morgan fingerprint density at radius 1 is 0.769 bits per heavy atom. The molecule has 1 aromatic carbocycles. The molecular formula is C18H30O6S2. The standard InChI is InChI=1S/C18H30O6S2/c1-2-3-4-5-6-7-8-9-10-13-16-24-26(22,23)18-15-12-11-14-17(18)25(19,20)21/h11-12,14-15H,2-10,13,16H2,1H3,(H,19,20,21). The van der Waals surface area contributed by atoms with E-state index in [0.717, 1.165) is 31.4 Å². The molecule has 1 rings (SSSR count). The highest BCUT2D eigenvalue weighted by Gasteiger charge is 2.25. The predicted octanol–water partition coefficient (Wildman–Crippen LogP) is 4.56. The average Bonchev–Trinajstić information content (AvgIpc) is 2.59. The summed E-state index contributed by atoms with van der Waals surface area (Å²) < 4.78 is 61.0. The third kappa shape index (κ3) is 8.62. The van der Waals surface area contributed by atoms with Crippen molar-refractivity contribution in [3.8, 4) is 0 Å². The average molecular weight is 407 g/mol. The van der Waals surface area contributed by atoms with E-state index in [4.69, 9.17) is 8.74 Å². The quantitative estimate of drug-likeness (QED) is 0.276. The topological polar surface area (TPSA) is 97.7 Å². The number of hydrogen-bond acceptors (Lipinski definition) is 5. The Bertz CT molecular complexity index is 726. The summed E-state index contributed by atoms with van der Waals surface area (Å²) in [5.41, 5.74) is 0. The summed E-state index contributed by atoms with van der Waals surface area (Å²) in [4.78, 5) is -1.20. The van der Waals surface area contributed by atoms with Gasteiger partial charge in [0.1, 0.15) is 9.79 Å². The Morgan fingerprint density at radius 2 is 1.23 bits per heavy atom. The summed E-state index contributed by atoms with van der Waals surface area (Å²) in [5, 5.41) is 0. The zero-order chi connectivity index (χ0) is 19.5. The highest BCUT2D eigenvalue weighted by Crippen LogP contribution is 2.22. The van der Waals surface area contributed by atoms with Crippen molar-refractivity contribution in [2.45, 2.75) is 80.9 Å². The van der Waals surface area contributed by atoms with Crippen LogP contribution in [0.4, 0.5) is 0 Å². The van der Waals surface area contributed by atoms with Crippen LogP contribution in [0.25, 0.3) is 0 Å². The van der Waals surface area contributed by atoms with E-state index < -0.39 is 30.0 Å². The minimum Gasteiger partial charge on any atom is -0.282 e. The zero-order valence-electron chi connectivity index (χ0n) is 15.4. The summed E-state index contributed by atoms with van der Waals surface area (Å²) in [7, 11) is -8.85. The summed E-state index contributed by atoms with van der Waals surface area (Å²) in [6, 6.07) is 4.86. The van der Waals surface area contributed by atoms with Crippen molar-refractivity contribution in [3.63, 3.8) is 0 Å². The summed E-state index contributed by atoms with van der Waals surface area (Å²) in [6.45, 7) is 2.20. The van der Waals surface area contributed by atoms with Gasteiger partial charge in [0.15, 0.2) is 0 Å². The van der Waals surface area contributed by atoms with Gasteiger partial charge in [-0.15, -0.1) is 0 Å². The van der Waals surface area contributed by atoms with Gasteiger partial charge in [-0.2, -0.15) is 16.8 Å². The maximum absolute atomic E-state index is 12.2. The van der Waals surface area contributed by atoms with Crippen LogP contribution in [0.5, 0.6) is 0 Å². The molecule has 1 N–H and O–H groups in total. The summed E-state index contributed by atoms with van der Waals surface area (Å²) in [5.74, 6) is 0. The van der Waals surface area contributed by atoms with Crippen molar-refractivity contribution in [1.29, 1.82) is 0 Å². The van der Waals surface area contributed by atoms with Crippen LogP contribution in [0, 0.1) is 0 Å². The Balaban J connectivity index is 2.31. The van der Waals surface area contributed by atoms with Crippen LogP contribution in [0.15, 0.2) is 34.1 Å². The van der Waals surface area contributed by atoms with Gasteiger partial charge in [-0.3, -0.25) is 8.74 Å². The van der Waals surface area contributed by atoms with Crippen molar-refractivity contribution in [3.05, 3.63) is 24.3 Å². The smallest absolute Gasteiger partial charge is 0.282 e. The summed E-state index contributed by atoms with van der Waals surface area (Å²) >= 11 is 0. The molecule has 0 aromatic heterocycles. The third-order valence-corrected chi connectivity index (χ3v) is 6.55. The molecule has 1 aromatic rings. The third-order valence-electron chi connectivity index (χ3n) is 4.13. The van der Waals surface area contributed by atoms with Gasteiger partial charge in [0, 0.05) is 0 Å². The molecule has 6 nitrogen and oxygen atoms in total. The van der Waals surface area contributed by atoms with Crippen molar-refractivity contribution >= 4 is 20.2 Å². The van der Waals surface area contributed by atoms with Crippen LogP contribution in [-0.4, -0.2) is 28.0 Å². The van der Waals surface area contributed by atoms with Crippen molar-refractivity contribution in [2.24, 2.45) is 0 Å². The first-order valence-electron chi connectivity index (χ1n) is 9.25. The molecule has 150 valence electrons. The van der Waals surface area contributed by atoms with Crippen molar-refractivity contribution in [2.75, 3.05) is 6.61 Å². The first-order valence-corrected chi connectivity index (χ1v) is 12.1. The van der Waals surface area contributed by atoms with Crippen LogP contribution in [0.3, 0.4) is 0 Å². The van der Waals surface area contributed by atoms with Gasteiger partial charge in [-0.25, -0.2) is 0 Å². The van der Waals surface area contributed by atoms with Crippen LogP contribution < -0.4 is 0 Å². The fraction of sp³-hybridized carbons (Fsp3) is 0.667. The number of rotatable bonds is 14. The first kappa shape index (κ1) is 23.1. The second-order valence-electron chi connectivity index (χ2n) is 6.38. The fourth-order valence-corrected chi connectivity index (χ4v) is 4.91. The molecule has 0 fully saturated rings. The SMILES string of the molecule is CCCCCCCCCCCCOS(=O)(=O)c1ccccc1S(=O)(=O)O. The minimum atomic E-state index is -4.63. The van der Waals surface area contributed by atoms with Crippen LogP contribution in [0.1, 0.15) is 71.1 Å². The lowest BCUT2D eigenvalue weighted by Gasteiger charge is -2.09. The molecule has 0 radical (unpaired) electrons. The Labute approximate surface area is 157 Å². The van der Waals surface area contributed by atoms with E-state index in [1.165, 1.54) is 50.7 Å². The van der Waals surface area contributed by atoms with Gasteiger partial charge in [-0.1, -0.05) is 76.8 Å². The van der Waals surface area contributed by atoms with Crippen LogP contribution in [-0.2, 0) is 24.4 Å². The lowest BCUT2D eigenvalue weighted by atomic mass is 10.1. The molecule has 0 atom stereocenters. The lowest BCUT2D eigenvalue weighted by molar-refractivity contribution is 0.305. The molecule has 8 heteroatoms. The van der Waals surface area contributed by atoms with Gasteiger partial charge >= 0.3 is 0 Å². The molecule has 0 amide bonds. The second kappa shape index (κ2) is 11.7. The minimum absolute atomic E-state index is 0.00135. The molecule has 0 saturated carbocycles. The molecule has 0 unspecified atom stereocenters. The molecule has 0 aliphatic carbocycles. The molecular weight excluding hydrogens is 376 g/mol. The maximum atomic E-state index is 12.2. The normalized spacial score (nSPS) is 12.4. The second-order valence-corrected chi connectivity index (χ2v) is 9.35. The summed E-state index contributed by atoms with van der Waals surface area (Å²) in [6.07, 6.45) is 11.2. The molecule has 0 spiro atoms. The fourth-order valence-electron chi connectivity index (χ4n) is 2.69. The number of unbranched alkanes of at least 4 members (excludes halogenated alkanes) is 9. The Hall–Kier alpha value is -0.960. The van der Waals surface area contributed by atoms with Crippen molar-refractivity contribution < 1.29 is 25.6 Å². The molecule has 0 bridgehead atoms. The van der Waals surface area contributed by atoms with E-state index in [0.29, 0.717) is 6.42 Å². The molecule has 0 aliphatic heterocycles. The van der Waals surface area contributed by atoms with E-state index in [9.17, 15) is 16.8 Å². The maximum Gasteiger partial charge on any atom is 0.298 e. The van der Waals surface area contributed by atoms with Crippen molar-refractivity contribution in [1.82, 2.24) is 0 Å².